The first-order chi connectivity index (χ1) is 6.67. The molecule has 1 heteroatoms. The van der Waals surface area contributed by atoms with E-state index >= 15 is 0 Å². The molecule has 0 unspecified atom stereocenters. The van der Waals surface area contributed by atoms with E-state index in [1.807, 2.05) is 32.0 Å². The second-order valence-electron chi connectivity index (χ2n) is 3.27. The van der Waals surface area contributed by atoms with Gasteiger partial charge in [-0.25, -0.2) is 0 Å². The van der Waals surface area contributed by atoms with E-state index in [4.69, 9.17) is 4.74 Å². The van der Waals surface area contributed by atoms with E-state index in [1.54, 1.807) is 7.11 Å². The number of rotatable bonds is 2. The summed E-state index contributed by atoms with van der Waals surface area (Å²) >= 11 is 0. The lowest BCUT2D eigenvalue weighted by Crippen LogP contribution is -2.23. The van der Waals surface area contributed by atoms with Crippen molar-refractivity contribution in [3.8, 4) is 5.75 Å². The van der Waals surface area contributed by atoms with Gasteiger partial charge in [0.2, 0.25) is 0 Å². The Labute approximate surface area is 85.0 Å². The molecule has 0 heterocycles. The van der Waals surface area contributed by atoms with Crippen molar-refractivity contribution in [2.75, 3.05) is 7.11 Å². The Hall–Kier alpha value is -1.50. The molecule has 0 saturated carbocycles. The van der Waals surface area contributed by atoms with Crippen LogP contribution in [0.3, 0.4) is 0 Å². The predicted octanol–water partition coefficient (Wildman–Crippen LogP) is 1.85. The Balaban J connectivity index is 3.41. The Morgan fingerprint density at radius 3 is 2.57 bits per heavy atom. The fourth-order valence-corrected chi connectivity index (χ4v) is 1.33. The van der Waals surface area contributed by atoms with E-state index in [1.165, 1.54) is 10.4 Å². The molecule has 1 rings (SSSR count). The summed E-state index contributed by atoms with van der Waals surface area (Å²) in [5.41, 5.74) is 1.05. The third-order valence-corrected chi connectivity index (χ3v) is 2.01. The summed E-state index contributed by atoms with van der Waals surface area (Å²) in [4.78, 5) is 0. The van der Waals surface area contributed by atoms with Gasteiger partial charge >= 0.3 is 0 Å². The minimum Gasteiger partial charge on any atom is -0.497 e. The SMILES string of the molecule is C=C(C)/C=c1/ccc(OC)c/c1=C/C. The van der Waals surface area contributed by atoms with Crippen LogP contribution in [0.4, 0.5) is 0 Å². The Morgan fingerprint density at radius 2 is 2.07 bits per heavy atom. The van der Waals surface area contributed by atoms with Gasteiger partial charge in [-0.1, -0.05) is 30.4 Å². The van der Waals surface area contributed by atoms with Gasteiger partial charge in [-0.2, -0.15) is 0 Å². The van der Waals surface area contributed by atoms with Crippen LogP contribution in [0, 0.1) is 0 Å². The van der Waals surface area contributed by atoms with Gasteiger partial charge in [-0.3, -0.25) is 0 Å². The van der Waals surface area contributed by atoms with Crippen molar-refractivity contribution in [1.29, 1.82) is 0 Å². The molecule has 14 heavy (non-hydrogen) atoms. The average molecular weight is 188 g/mol. The molecule has 74 valence electrons. The fourth-order valence-electron chi connectivity index (χ4n) is 1.33. The Bertz CT molecular complexity index is 441. The molecular weight excluding hydrogens is 172 g/mol. The van der Waals surface area contributed by atoms with Gasteiger partial charge in [0.1, 0.15) is 5.75 Å². The van der Waals surface area contributed by atoms with Crippen LogP contribution >= 0.6 is 0 Å². The topological polar surface area (TPSA) is 9.23 Å². The van der Waals surface area contributed by atoms with E-state index in [-0.39, 0.29) is 0 Å². The van der Waals surface area contributed by atoms with Gasteiger partial charge in [0, 0.05) is 0 Å². The summed E-state index contributed by atoms with van der Waals surface area (Å²) in [5, 5.41) is 2.35. The number of ether oxygens (including phenoxy) is 1. The van der Waals surface area contributed by atoms with E-state index in [0.29, 0.717) is 0 Å². The standard InChI is InChI=1S/C13H16O/c1-5-11-9-13(14-4)7-6-12(11)8-10(2)3/h5-9H,2H2,1,3-4H3/b11-5-,12-8-. The second-order valence-corrected chi connectivity index (χ2v) is 3.27. The fraction of sp³-hybridized carbons (Fsp3) is 0.231. The van der Waals surface area contributed by atoms with Crippen molar-refractivity contribution in [3.63, 3.8) is 0 Å². The molecule has 0 radical (unpaired) electrons. The predicted molar refractivity (Wildman–Crippen MR) is 61.7 cm³/mol. The average Bonchev–Trinajstić information content (AvgIpc) is 2.17. The smallest absolute Gasteiger partial charge is 0.119 e. The zero-order chi connectivity index (χ0) is 10.6. The van der Waals surface area contributed by atoms with E-state index < -0.39 is 0 Å². The molecule has 0 spiro atoms. The number of hydrogen-bond acceptors (Lipinski definition) is 1. The maximum Gasteiger partial charge on any atom is 0.119 e. The summed E-state index contributed by atoms with van der Waals surface area (Å²) in [7, 11) is 1.68. The Morgan fingerprint density at radius 1 is 1.36 bits per heavy atom. The normalized spacial score (nSPS) is 13.1. The van der Waals surface area contributed by atoms with Crippen LogP contribution in [0.1, 0.15) is 13.8 Å². The van der Waals surface area contributed by atoms with Crippen molar-refractivity contribution in [2.24, 2.45) is 0 Å². The molecule has 0 fully saturated rings. The summed E-state index contributed by atoms with van der Waals surface area (Å²) < 4.78 is 5.16. The summed E-state index contributed by atoms with van der Waals surface area (Å²) in [5.74, 6) is 0.886. The van der Waals surface area contributed by atoms with E-state index in [0.717, 1.165) is 11.3 Å². The molecule has 1 nitrogen and oxygen atoms in total. The summed E-state index contributed by atoms with van der Waals surface area (Å²) in [6.45, 7) is 7.88. The lowest BCUT2D eigenvalue weighted by molar-refractivity contribution is 0.414. The van der Waals surface area contributed by atoms with Gasteiger partial charge in [-0.15, -0.1) is 0 Å². The molecule has 0 aliphatic heterocycles. The molecule has 0 aliphatic carbocycles. The first kappa shape index (κ1) is 10.6. The van der Waals surface area contributed by atoms with E-state index in [2.05, 4.69) is 18.7 Å². The van der Waals surface area contributed by atoms with Gasteiger partial charge in [-0.05, 0) is 36.4 Å². The van der Waals surface area contributed by atoms with Gasteiger partial charge in [0.05, 0.1) is 7.11 Å². The first-order valence-corrected chi connectivity index (χ1v) is 4.65. The zero-order valence-corrected chi connectivity index (χ0v) is 9.00. The molecule has 0 aromatic heterocycles. The molecule has 0 saturated heterocycles. The lowest BCUT2D eigenvalue weighted by Gasteiger charge is -1.99. The van der Waals surface area contributed by atoms with Crippen LogP contribution in [0.2, 0.25) is 0 Å². The molecule has 0 atom stereocenters. The minimum atomic E-state index is 0.886. The van der Waals surface area contributed by atoms with Gasteiger partial charge in [0.15, 0.2) is 0 Å². The van der Waals surface area contributed by atoms with Gasteiger partial charge in [0.25, 0.3) is 0 Å². The summed E-state index contributed by atoms with van der Waals surface area (Å²) in [6.07, 6.45) is 4.13. The number of methoxy groups -OCH3 is 1. The molecule has 0 bridgehead atoms. The molecule has 1 aromatic carbocycles. The number of hydrogen-bond donors (Lipinski definition) is 0. The monoisotopic (exact) mass is 188 g/mol. The Kier molecular flexibility index (Phi) is 3.52. The molecule has 0 N–H and O–H groups in total. The molecule has 0 amide bonds. The third-order valence-electron chi connectivity index (χ3n) is 2.01. The highest BCUT2D eigenvalue weighted by molar-refractivity contribution is 5.46. The molecular formula is C13H16O. The molecule has 0 aliphatic rings. The third kappa shape index (κ3) is 2.49. The van der Waals surface area contributed by atoms with Crippen molar-refractivity contribution >= 4 is 12.2 Å². The van der Waals surface area contributed by atoms with Crippen molar-refractivity contribution in [1.82, 2.24) is 0 Å². The maximum atomic E-state index is 5.16. The minimum absolute atomic E-state index is 0.886. The quantitative estimate of drug-likeness (QED) is 0.688. The van der Waals surface area contributed by atoms with Crippen LogP contribution in [-0.4, -0.2) is 7.11 Å². The van der Waals surface area contributed by atoms with Crippen molar-refractivity contribution in [2.45, 2.75) is 13.8 Å². The van der Waals surface area contributed by atoms with E-state index in [9.17, 15) is 0 Å². The number of benzene rings is 1. The van der Waals surface area contributed by atoms with Crippen molar-refractivity contribution < 1.29 is 4.74 Å². The van der Waals surface area contributed by atoms with Crippen LogP contribution in [-0.2, 0) is 0 Å². The highest BCUT2D eigenvalue weighted by Crippen LogP contribution is 2.01. The van der Waals surface area contributed by atoms with Crippen molar-refractivity contribution in [3.05, 3.63) is 40.8 Å². The molecule has 1 aromatic rings. The second kappa shape index (κ2) is 4.66. The van der Waals surface area contributed by atoms with Crippen LogP contribution in [0.5, 0.6) is 5.75 Å². The maximum absolute atomic E-state index is 5.16. The lowest BCUT2D eigenvalue weighted by atomic mass is 10.2. The van der Waals surface area contributed by atoms with Crippen LogP contribution in [0.15, 0.2) is 30.4 Å². The largest absolute Gasteiger partial charge is 0.497 e. The number of allylic oxidation sites excluding steroid dienone is 1. The summed E-state index contributed by atoms with van der Waals surface area (Å²) in [6, 6.07) is 6.03. The zero-order valence-electron chi connectivity index (χ0n) is 9.00. The highest BCUT2D eigenvalue weighted by atomic mass is 16.5. The highest BCUT2D eigenvalue weighted by Gasteiger charge is 1.90. The van der Waals surface area contributed by atoms with Crippen LogP contribution in [0.25, 0.3) is 12.2 Å². The van der Waals surface area contributed by atoms with Gasteiger partial charge < -0.3 is 4.74 Å². The van der Waals surface area contributed by atoms with Crippen LogP contribution < -0.4 is 15.2 Å². The first-order valence-electron chi connectivity index (χ1n) is 4.65.